The van der Waals surface area contributed by atoms with E-state index < -0.39 is 0 Å². The van der Waals surface area contributed by atoms with Crippen molar-refractivity contribution >= 4 is 21.8 Å². The molecule has 1 amide bonds. The van der Waals surface area contributed by atoms with Gasteiger partial charge in [0.2, 0.25) is 0 Å². The van der Waals surface area contributed by atoms with Gasteiger partial charge in [0.05, 0.1) is 0 Å². The molecule has 3 heteroatoms. The van der Waals surface area contributed by atoms with E-state index in [4.69, 9.17) is 0 Å². The average Bonchev–Trinajstić information content (AvgIpc) is 2.42. The lowest BCUT2D eigenvalue weighted by molar-refractivity contribution is 0.0795. The first-order chi connectivity index (χ1) is 6.22. The monoisotopic (exact) mass is 238 g/mol. The lowest BCUT2D eigenvalue weighted by Gasteiger charge is -2.10. The van der Waals surface area contributed by atoms with Gasteiger partial charge < -0.3 is 4.90 Å². The third-order valence-electron chi connectivity index (χ3n) is 2.22. The first-order valence-electron chi connectivity index (χ1n) is 4.09. The molecule has 1 aliphatic rings. The van der Waals surface area contributed by atoms with Crippen molar-refractivity contribution in [2.45, 2.75) is 6.54 Å². The van der Waals surface area contributed by atoms with E-state index in [0.29, 0.717) is 13.1 Å². The SMILES string of the molecule is [CH2]CN1Cc2cc(Br)ccc2C1=O. The fourth-order valence-corrected chi connectivity index (χ4v) is 1.94. The van der Waals surface area contributed by atoms with Gasteiger partial charge in [-0.1, -0.05) is 15.9 Å². The van der Waals surface area contributed by atoms with Crippen LogP contribution in [0.3, 0.4) is 0 Å². The van der Waals surface area contributed by atoms with Crippen molar-refractivity contribution in [1.82, 2.24) is 4.90 Å². The predicted octanol–water partition coefficient (Wildman–Crippen LogP) is 2.24. The molecule has 0 atom stereocenters. The molecule has 0 N–H and O–H groups in total. The molecule has 1 heterocycles. The third-order valence-corrected chi connectivity index (χ3v) is 2.71. The highest BCUT2D eigenvalue weighted by molar-refractivity contribution is 9.10. The maximum atomic E-state index is 11.6. The van der Waals surface area contributed by atoms with Crippen LogP contribution in [0.2, 0.25) is 0 Å². The van der Waals surface area contributed by atoms with E-state index in [1.165, 1.54) is 0 Å². The number of halogens is 1. The summed E-state index contributed by atoms with van der Waals surface area (Å²) in [4.78, 5) is 13.3. The van der Waals surface area contributed by atoms with E-state index in [1.807, 2.05) is 18.2 Å². The van der Waals surface area contributed by atoms with Crippen molar-refractivity contribution in [2.75, 3.05) is 6.54 Å². The maximum absolute atomic E-state index is 11.6. The quantitative estimate of drug-likeness (QED) is 0.735. The van der Waals surface area contributed by atoms with Gasteiger partial charge in [0.1, 0.15) is 0 Å². The van der Waals surface area contributed by atoms with Gasteiger partial charge in [0.15, 0.2) is 0 Å². The zero-order chi connectivity index (χ0) is 9.42. The molecular formula is C10H9BrNO. The number of rotatable bonds is 1. The van der Waals surface area contributed by atoms with Crippen molar-refractivity contribution in [3.05, 3.63) is 40.7 Å². The second-order valence-electron chi connectivity index (χ2n) is 3.03. The largest absolute Gasteiger partial charge is 0.334 e. The van der Waals surface area contributed by atoms with Crippen LogP contribution in [0.5, 0.6) is 0 Å². The number of carbonyl (C=O) groups excluding carboxylic acids is 1. The van der Waals surface area contributed by atoms with Crippen LogP contribution in [0.4, 0.5) is 0 Å². The Morgan fingerprint density at radius 3 is 3.00 bits per heavy atom. The molecule has 13 heavy (non-hydrogen) atoms. The standard InChI is InChI=1S/C10H9BrNO/c1-2-12-6-7-5-8(11)3-4-9(7)10(12)13/h3-5H,1-2,6H2. The van der Waals surface area contributed by atoms with Crippen LogP contribution in [0.1, 0.15) is 15.9 Å². The fourth-order valence-electron chi connectivity index (χ4n) is 1.53. The van der Waals surface area contributed by atoms with Crippen LogP contribution in [-0.2, 0) is 6.54 Å². The number of carbonyl (C=O) groups is 1. The van der Waals surface area contributed by atoms with Crippen molar-refractivity contribution in [3.8, 4) is 0 Å². The Kier molecular flexibility index (Phi) is 2.12. The summed E-state index contributed by atoms with van der Waals surface area (Å²) in [6.45, 7) is 4.94. The Morgan fingerprint density at radius 1 is 1.54 bits per heavy atom. The summed E-state index contributed by atoms with van der Waals surface area (Å²) in [7, 11) is 0. The summed E-state index contributed by atoms with van der Waals surface area (Å²) in [6, 6.07) is 5.74. The normalized spacial score (nSPS) is 14.9. The number of hydrogen-bond donors (Lipinski definition) is 0. The van der Waals surface area contributed by atoms with Crippen LogP contribution >= 0.6 is 15.9 Å². The van der Waals surface area contributed by atoms with Crippen molar-refractivity contribution in [3.63, 3.8) is 0 Å². The molecule has 2 rings (SSSR count). The van der Waals surface area contributed by atoms with Crippen molar-refractivity contribution in [1.29, 1.82) is 0 Å². The highest BCUT2D eigenvalue weighted by atomic mass is 79.9. The van der Waals surface area contributed by atoms with Crippen LogP contribution in [-0.4, -0.2) is 17.4 Å². The Balaban J connectivity index is 2.44. The number of hydrogen-bond acceptors (Lipinski definition) is 1. The smallest absolute Gasteiger partial charge is 0.254 e. The molecule has 0 fully saturated rings. The minimum absolute atomic E-state index is 0.0949. The van der Waals surface area contributed by atoms with Gasteiger partial charge in [0, 0.05) is 23.1 Å². The van der Waals surface area contributed by atoms with Crippen LogP contribution in [0.15, 0.2) is 22.7 Å². The molecule has 0 bridgehead atoms. The summed E-state index contributed by atoms with van der Waals surface area (Å²) in [6.07, 6.45) is 0. The second kappa shape index (κ2) is 3.14. The summed E-state index contributed by atoms with van der Waals surface area (Å²) in [5.74, 6) is 0.0949. The average molecular weight is 239 g/mol. The number of benzene rings is 1. The van der Waals surface area contributed by atoms with Gasteiger partial charge >= 0.3 is 0 Å². The zero-order valence-corrected chi connectivity index (χ0v) is 8.67. The molecule has 2 nitrogen and oxygen atoms in total. The second-order valence-corrected chi connectivity index (χ2v) is 3.94. The molecule has 1 aliphatic heterocycles. The summed E-state index contributed by atoms with van der Waals surface area (Å²) in [5, 5.41) is 0. The lowest BCUT2D eigenvalue weighted by Crippen LogP contribution is -2.23. The van der Waals surface area contributed by atoms with E-state index in [2.05, 4.69) is 22.9 Å². The van der Waals surface area contributed by atoms with E-state index in [-0.39, 0.29) is 5.91 Å². The summed E-state index contributed by atoms with van der Waals surface area (Å²) >= 11 is 3.38. The van der Waals surface area contributed by atoms with Gasteiger partial charge in [-0.25, -0.2) is 0 Å². The Hall–Kier alpha value is -0.830. The van der Waals surface area contributed by atoms with E-state index in [1.54, 1.807) is 4.90 Å². The molecular weight excluding hydrogens is 230 g/mol. The van der Waals surface area contributed by atoms with Crippen LogP contribution < -0.4 is 0 Å². The summed E-state index contributed by atoms with van der Waals surface area (Å²) in [5.41, 5.74) is 1.90. The highest BCUT2D eigenvalue weighted by Crippen LogP contribution is 2.25. The molecule has 0 saturated heterocycles. The highest BCUT2D eigenvalue weighted by Gasteiger charge is 2.25. The first kappa shape index (κ1) is 8.75. The minimum atomic E-state index is 0.0949. The fraction of sp³-hybridized carbons (Fsp3) is 0.200. The molecule has 0 spiro atoms. The maximum Gasteiger partial charge on any atom is 0.254 e. The molecule has 67 valence electrons. The van der Waals surface area contributed by atoms with Gasteiger partial charge in [0.25, 0.3) is 5.91 Å². The van der Waals surface area contributed by atoms with E-state index in [0.717, 1.165) is 15.6 Å². The lowest BCUT2D eigenvalue weighted by atomic mass is 10.1. The minimum Gasteiger partial charge on any atom is -0.334 e. The predicted molar refractivity (Wildman–Crippen MR) is 54.2 cm³/mol. The number of nitrogens with zero attached hydrogens (tertiary/aromatic N) is 1. The molecule has 1 aromatic carbocycles. The van der Waals surface area contributed by atoms with Crippen molar-refractivity contribution in [2.24, 2.45) is 0 Å². The number of amides is 1. The Labute approximate surface area is 85.7 Å². The van der Waals surface area contributed by atoms with Gasteiger partial charge in [-0.05, 0) is 30.7 Å². The number of fused-ring (bicyclic) bond motifs is 1. The van der Waals surface area contributed by atoms with E-state index >= 15 is 0 Å². The Bertz CT molecular complexity index is 362. The third kappa shape index (κ3) is 1.37. The van der Waals surface area contributed by atoms with Crippen molar-refractivity contribution < 1.29 is 4.79 Å². The molecule has 0 saturated carbocycles. The van der Waals surface area contributed by atoms with E-state index in [9.17, 15) is 4.79 Å². The summed E-state index contributed by atoms with van der Waals surface area (Å²) < 4.78 is 1.02. The van der Waals surface area contributed by atoms with Gasteiger partial charge in [-0.15, -0.1) is 0 Å². The molecule has 1 radical (unpaired) electrons. The molecule has 0 unspecified atom stereocenters. The van der Waals surface area contributed by atoms with Crippen LogP contribution in [0.25, 0.3) is 0 Å². The zero-order valence-electron chi connectivity index (χ0n) is 7.09. The van der Waals surface area contributed by atoms with Crippen LogP contribution in [0, 0.1) is 6.92 Å². The molecule has 1 aromatic rings. The van der Waals surface area contributed by atoms with Gasteiger partial charge in [-0.3, -0.25) is 4.79 Å². The topological polar surface area (TPSA) is 20.3 Å². The Morgan fingerprint density at radius 2 is 2.31 bits per heavy atom. The van der Waals surface area contributed by atoms with Gasteiger partial charge in [-0.2, -0.15) is 0 Å². The first-order valence-corrected chi connectivity index (χ1v) is 4.88. The molecule has 0 aliphatic carbocycles. The molecule has 0 aromatic heterocycles.